The summed E-state index contributed by atoms with van der Waals surface area (Å²) in [7, 11) is -2.49. The molecule has 0 aliphatic heterocycles. The Kier molecular flexibility index (Phi) is 5.14. The fourth-order valence-corrected chi connectivity index (χ4v) is 3.64. The lowest BCUT2D eigenvalue weighted by atomic mass is 9.95. The highest BCUT2D eigenvalue weighted by atomic mass is 32.2. The van der Waals surface area contributed by atoms with Gasteiger partial charge in [0.25, 0.3) is 0 Å². The molecule has 0 bridgehead atoms. The maximum absolute atomic E-state index is 12.4. The van der Waals surface area contributed by atoms with E-state index in [1.165, 1.54) is 19.2 Å². The third-order valence-electron chi connectivity index (χ3n) is 3.52. The SMILES string of the molecule is COC(=O)c1ccccc1S(=O)(=O)NCC1CC=CCC1. The smallest absolute Gasteiger partial charge is 0.339 e. The number of rotatable bonds is 5. The molecular weight excluding hydrogens is 290 g/mol. The van der Waals surface area contributed by atoms with E-state index in [1.54, 1.807) is 12.1 Å². The minimum absolute atomic E-state index is 0.0387. The Bertz CT molecular complexity index is 637. The van der Waals surface area contributed by atoms with Crippen molar-refractivity contribution >= 4 is 16.0 Å². The molecule has 1 aromatic carbocycles. The van der Waals surface area contributed by atoms with E-state index in [-0.39, 0.29) is 10.5 Å². The number of sulfonamides is 1. The van der Waals surface area contributed by atoms with Crippen LogP contribution in [0.4, 0.5) is 0 Å². The summed E-state index contributed by atoms with van der Waals surface area (Å²) in [4.78, 5) is 11.6. The van der Waals surface area contributed by atoms with Crippen LogP contribution in [0.3, 0.4) is 0 Å². The Morgan fingerprint density at radius 1 is 1.33 bits per heavy atom. The number of nitrogens with one attached hydrogen (secondary N) is 1. The molecule has 0 spiro atoms. The molecule has 1 aliphatic rings. The van der Waals surface area contributed by atoms with Gasteiger partial charge in [0.1, 0.15) is 0 Å². The summed E-state index contributed by atoms with van der Waals surface area (Å²) in [6.07, 6.45) is 7.01. The number of benzene rings is 1. The van der Waals surface area contributed by atoms with Crippen LogP contribution in [0.1, 0.15) is 29.6 Å². The van der Waals surface area contributed by atoms with Crippen LogP contribution in [0.15, 0.2) is 41.3 Å². The number of hydrogen-bond acceptors (Lipinski definition) is 4. The quantitative estimate of drug-likeness (QED) is 0.668. The standard InChI is InChI=1S/C15H19NO4S/c1-20-15(17)13-9-5-6-10-14(13)21(18,19)16-11-12-7-3-2-4-8-12/h2-3,5-6,9-10,12,16H,4,7-8,11H2,1H3. The Morgan fingerprint density at radius 2 is 2.10 bits per heavy atom. The van der Waals surface area contributed by atoms with E-state index in [1.807, 2.05) is 0 Å². The van der Waals surface area contributed by atoms with Crippen LogP contribution in [0.5, 0.6) is 0 Å². The van der Waals surface area contributed by atoms with Crippen LogP contribution >= 0.6 is 0 Å². The van der Waals surface area contributed by atoms with Gasteiger partial charge in [-0.2, -0.15) is 0 Å². The monoisotopic (exact) mass is 309 g/mol. The van der Waals surface area contributed by atoms with Gasteiger partial charge in [-0.25, -0.2) is 17.9 Å². The molecule has 21 heavy (non-hydrogen) atoms. The minimum atomic E-state index is -3.72. The molecule has 1 unspecified atom stereocenters. The molecule has 0 heterocycles. The zero-order valence-corrected chi connectivity index (χ0v) is 12.7. The normalized spacial score (nSPS) is 18.4. The summed E-state index contributed by atoms with van der Waals surface area (Å²) in [5.74, 6) is -0.355. The summed E-state index contributed by atoms with van der Waals surface area (Å²) in [6.45, 7) is 0.377. The van der Waals surface area contributed by atoms with Crippen molar-refractivity contribution in [2.24, 2.45) is 5.92 Å². The van der Waals surface area contributed by atoms with E-state index >= 15 is 0 Å². The van der Waals surface area contributed by atoms with E-state index in [0.29, 0.717) is 12.5 Å². The van der Waals surface area contributed by atoms with Gasteiger partial charge in [-0.05, 0) is 37.3 Å². The van der Waals surface area contributed by atoms with Crippen molar-refractivity contribution in [3.8, 4) is 0 Å². The molecule has 5 nitrogen and oxygen atoms in total. The zero-order chi connectivity index (χ0) is 15.3. The average Bonchev–Trinajstić information content (AvgIpc) is 2.53. The first-order valence-corrected chi connectivity index (χ1v) is 8.35. The minimum Gasteiger partial charge on any atom is -0.465 e. The Labute approximate surface area is 125 Å². The molecule has 1 aliphatic carbocycles. The van der Waals surface area contributed by atoms with E-state index in [0.717, 1.165) is 19.3 Å². The number of carbonyl (C=O) groups excluding carboxylic acids is 1. The van der Waals surface area contributed by atoms with Gasteiger partial charge >= 0.3 is 5.97 Å². The number of hydrogen-bond donors (Lipinski definition) is 1. The first-order chi connectivity index (χ1) is 10.0. The first kappa shape index (κ1) is 15.7. The van der Waals surface area contributed by atoms with Crippen molar-refractivity contribution in [3.05, 3.63) is 42.0 Å². The summed E-state index contributed by atoms with van der Waals surface area (Å²) in [5, 5.41) is 0. The van der Waals surface area contributed by atoms with Gasteiger partial charge in [-0.1, -0.05) is 24.3 Å². The first-order valence-electron chi connectivity index (χ1n) is 6.86. The molecule has 1 N–H and O–H groups in total. The Hall–Kier alpha value is -1.66. The molecule has 6 heteroatoms. The van der Waals surface area contributed by atoms with Gasteiger partial charge in [0.2, 0.25) is 10.0 Å². The van der Waals surface area contributed by atoms with Gasteiger partial charge in [0, 0.05) is 6.54 Å². The molecule has 0 saturated carbocycles. The number of allylic oxidation sites excluding steroid dienone is 2. The molecule has 114 valence electrons. The van der Waals surface area contributed by atoms with E-state index in [4.69, 9.17) is 0 Å². The van der Waals surface area contributed by atoms with Crippen molar-refractivity contribution in [2.45, 2.75) is 24.2 Å². The van der Waals surface area contributed by atoms with Gasteiger partial charge in [0.15, 0.2) is 0 Å². The molecule has 1 atom stereocenters. The topological polar surface area (TPSA) is 72.5 Å². The lowest BCUT2D eigenvalue weighted by Crippen LogP contribution is -2.31. The van der Waals surface area contributed by atoms with E-state index < -0.39 is 16.0 Å². The van der Waals surface area contributed by atoms with Crippen molar-refractivity contribution in [2.75, 3.05) is 13.7 Å². The lowest BCUT2D eigenvalue weighted by molar-refractivity contribution is 0.0596. The summed E-state index contributed by atoms with van der Waals surface area (Å²) >= 11 is 0. The van der Waals surface area contributed by atoms with Gasteiger partial charge in [0.05, 0.1) is 17.6 Å². The number of ether oxygens (including phenoxy) is 1. The Morgan fingerprint density at radius 3 is 2.76 bits per heavy atom. The molecule has 1 aromatic rings. The van der Waals surface area contributed by atoms with Crippen LogP contribution in [0, 0.1) is 5.92 Å². The predicted molar refractivity (Wildman–Crippen MR) is 79.5 cm³/mol. The second-order valence-corrected chi connectivity index (χ2v) is 6.73. The molecule has 0 radical (unpaired) electrons. The summed E-state index contributed by atoms with van der Waals surface area (Å²) < 4.78 is 32.0. The van der Waals surface area contributed by atoms with Crippen LogP contribution in [-0.2, 0) is 14.8 Å². The van der Waals surface area contributed by atoms with Crippen molar-refractivity contribution in [1.29, 1.82) is 0 Å². The predicted octanol–water partition coefficient (Wildman–Crippen LogP) is 2.11. The lowest BCUT2D eigenvalue weighted by Gasteiger charge is -2.18. The molecule has 0 fully saturated rings. The number of methoxy groups -OCH3 is 1. The Balaban J connectivity index is 2.15. The van der Waals surface area contributed by atoms with Crippen molar-refractivity contribution in [3.63, 3.8) is 0 Å². The van der Waals surface area contributed by atoms with Crippen LogP contribution in [0.25, 0.3) is 0 Å². The maximum Gasteiger partial charge on any atom is 0.339 e. The van der Waals surface area contributed by atoms with Gasteiger partial charge in [-0.3, -0.25) is 0 Å². The molecule has 0 aromatic heterocycles. The number of esters is 1. The third-order valence-corrected chi connectivity index (χ3v) is 5.00. The highest BCUT2D eigenvalue weighted by Gasteiger charge is 2.23. The molecule has 0 amide bonds. The van der Waals surface area contributed by atoms with Crippen molar-refractivity contribution < 1.29 is 17.9 Å². The van der Waals surface area contributed by atoms with Crippen molar-refractivity contribution in [1.82, 2.24) is 4.72 Å². The fraction of sp³-hybridized carbons (Fsp3) is 0.400. The second-order valence-electron chi connectivity index (χ2n) is 4.99. The summed E-state index contributed by atoms with van der Waals surface area (Å²) in [6, 6.07) is 6.06. The fourth-order valence-electron chi connectivity index (χ4n) is 2.33. The molecule has 0 saturated heterocycles. The van der Waals surface area contributed by atoms with E-state index in [9.17, 15) is 13.2 Å². The molecular formula is C15H19NO4S. The zero-order valence-electron chi connectivity index (χ0n) is 11.9. The van der Waals surface area contributed by atoms with E-state index in [2.05, 4.69) is 21.6 Å². The number of carbonyl (C=O) groups is 1. The van der Waals surface area contributed by atoms with Crippen LogP contribution in [0.2, 0.25) is 0 Å². The second kappa shape index (κ2) is 6.87. The highest BCUT2D eigenvalue weighted by molar-refractivity contribution is 7.89. The third kappa shape index (κ3) is 3.92. The summed E-state index contributed by atoms with van der Waals surface area (Å²) in [5.41, 5.74) is 0.0519. The van der Waals surface area contributed by atoms with Crippen LogP contribution < -0.4 is 4.72 Å². The largest absolute Gasteiger partial charge is 0.465 e. The highest BCUT2D eigenvalue weighted by Crippen LogP contribution is 2.20. The van der Waals surface area contributed by atoms with Gasteiger partial charge in [-0.15, -0.1) is 0 Å². The maximum atomic E-state index is 12.4. The van der Waals surface area contributed by atoms with Crippen LogP contribution in [-0.4, -0.2) is 28.0 Å². The van der Waals surface area contributed by atoms with Gasteiger partial charge < -0.3 is 4.74 Å². The molecule has 2 rings (SSSR count). The average molecular weight is 309 g/mol.